The van der Waals surface area contributed by atoms with Crippen molar-refractivity contribution >= 4 is 16.0 Å². The number of benzene rings is 2. The van der Waals surface area contributed by atoms with E-state index in [1.54, 1.807) is 30.3 Å². The summed E-state index contributed by atoms with van der Waals surface area (Å²) < 4.78 is 29.8. The largest absolute Gasteiger partial charge is 0.349 e. The predicted molar refractivity (Wildman–Crippen MR) is 104 cm³/mol. The molecule has 1 fully saturated rings. The number of hydrogen-bond donors (Lipinski definition) is 1. The number of hydrogen-bond acceptors (Lipinski definition) is 5. The molecular formula is C21H22N2O4S. The van der Waals surface area contributed by atoms with E-state index in [-0.39, 0.29) is 29.0 Å². The van der Waals surface area contributed by atoms with E-state index in [9.17, 15) is 13.2 Å². The minimum Gasteiger partial charge on any atom is -0.349 e. The average Bonchev–Trinajstić information content (AvgIpc) is 2.73. The van der Waals surface area contributed by atoms with Gasteiger partial charge in [-0.05, 0) is 42.7 Å². The third-order valence-electron chi connectivity index (χ3n) is 4.81. The molecule has 0 unspecified atom stereocenters. The Labute approximate surface area is 165 Å². The van der Waals surface area contributed by atoms with Crippen LogP contribution in [0.3, 0.4) is 0 Å². The number of carbonyl (C=O) groups excluding carboxylic acids is 1. The number of nitriles is 1. The van der Waals surface area contributed by atoms with Crippen LogP contribution in [0.15, 0.2) is 53.4 Å². The SMILES string of the molecule is N#Cc1ccccc1S(=O)(=O)OCc1ccc(C(=O)NC2CCCCC2)cc1. The van der Waals surface area contributed by atoms with Gasteiger partial charge in [0.15, 0.2) is 0 Å². The Balaban J connectivity index is 1.61. The molecular weight excluding hydrogens is 376 g/mol. The Bertz CT molecular complexity index is 972. The summed E-state index contributed by atoms with van der Waals surface area (Å²) in [7, 11) is -4.05. The van der Waals surface area contributed by atoms with Gasteiger partial charge in [0.1, 0.15) is 11.0 Å². The van der Waals surface area contributed by atoms with Crippen LogP contribution < -0.4 is 5.32 Å². The number of rotatable bonds is 6. The molecule has 1 N–H and O–H groups in total. The summed E-state index contributed by atoms with van der Waals surface area (Å²) in [4.78, 5) is 12.2. The van der Waals surface area contributed by atoms with Crippen LogP contribution in [-0.2, 0) is 20.9 Å². The summed E-state index contributed by atoms with van der Waals surface area (Å²) in [5.41, 5.74) is 1.19. The van der Waals surface area contributed by atoms with Crippen molar-refractivity contribution < 1.29 is 17.4 Å². The third-order valence-corrected chi connectivity index (χ3v) is 6.14. The highest BCUT2D eigenvalue weighted by Gasteiger charge is 2.20. The Hall–Kier alpha value is -2.69. The van der Waals surface area contributed by atoms with E-state index in [1.807, 2.05) is 6.07 Å². The minimum absolute atomic E-state index is 0.0391. The predicted octanol–water partition coefficient (Wildman–Crippen LogP) is 3.53. The van der Waals surface area contributed by atoms with Gasteiger partial charge in [0.05, 0.1) is 12.2 Å². The molecule has 1 amide bonds. The van der Waals surface area contributed by atoms with Crippen LogP contribution in [0.1, 0.15) is 53.6 Å². The second-order valence-corrected chi connectivity index (χ2v) is 8.41. The fourth-order valence-corrected chi connectivity index (χ4v) is 4.30. The molecule has 0 aromatic heterocycles. The van der Waals surface area contributed by atoms with Crippen LogP contribution in [0.4, 0.5) is 0 Å². The zero-order chi connectivity index (χ0) is 20.0. The third kappa shape index (κ3) is 4.97. The zero-order valence-corrected chi connectivity index (χ0v) is 16.2. The van der Waals surface area contributed by atoms with E-state index in [0.717, 1.165) is 25.7 Å². The molecule has 1 saturated carbocycles. The second-order valence-electron chi connectivity index (χ2n) is 6.83. The first kappa shape index (κ1) is 20.1. The monoisotopic (exact) mass is 398 g/mol. The van der Waals surface area contributed by atoms with Gasteiger partial charge in [-0.1, -0.05) is 43.5 Å². The lowest BCUT2D eigenvalue weighted by Crippen LogP contribution is -2.36. The molecule has 0 atom stereocenters. The summed E-state index contributed by atoms with van der Waals surface area (Å²) in [6.07, 6.45) is 5.54. The first-order chi connectivity index (χ1) is 13.5. The Morgan fingerprint density at radius 1 is 1.07 bits per heavy atom. The maximum absolute atomic E-state index is 12.3. The fraction of sp³-hybridized carbons (Fsp3) is 0.333. The topological polar surface area (TPSA) is 96.3 Å². The molecule has 0 heterocycles. The van der Waals surface area contributed by atoms with Crippen LogP contribution in [0, 0.1) is 11.3 Å². The quantitative estimate of drug-likeness (QED) is 0.751. The number of amides is 1. The van der Waals surface area contributed by atoms with Crippen molar-refractivity contribution in [3.63, 3.8) is 0 Å². The van der Waals surface area contributed by atoms with Crippen LogP contribution in [0.5, 0.6) is 0 Å². The minimum atomic E-state index is -4.05. The van der Waals surface area contributed by atoms with Crippen molar-refractivity contribution in [1.82, 2.24) is 5.32 Å². The molecule has 1 aliphatic rings. The molecule has 0 bridgehead atoms. The van der Waals surface area contributed by atoms with Gasteiger partial charge in [-0.15, -0.1) is 0 Å². The van der Waals surface area contributed by atoms with Crippen molar-refractivity contribution in [2.24, 2.45) is 0 Å². The van der Waals surface area contributed by atoms with Gasteiger partial charge in [-0.3, -0.25) is 8.98 Å². The van der Waals surface area contributed by atoms with E-state index < -0.39 is 10.1 Å². The Morgan fingerprint density at radius 3 is 2.43 bits per heavy atom. The summed E-state index contributed by atoms with van der Waals surface area (Å²) in [6.45, 7) is -0.174. The molecule has 3 rings (SSSR count). The van der Waals surface area contributed by atoms with Gasteiger partial charge < -0.3 is 5.32 Å². The van der Waals surface area contributed by atoms with E-state index in [2.05, 4.69) is 5.32 Å². The van der Waals surface area contributed by atoms with Crippen LogP contribution >= 0.6 is 0 Å². The first-order valence-electron chi connectivity index (χ1n) is 9.28. The van der Waals surface area contributed by atoms with Gasteiger partial charge in [0, 0.05) is 11.6 Å². The highest BCUT2D eigenvalue weighted by Crippen LogP contribution is 2.20. The van der Waals surface area contributed by atoms with Gasteiger partial charge in [-0.25, -0.2) is 0 Å². The van der Waals surface area contributed by atoms with E-state index in [4.69, 9.17) is 9.44 Å². The molecule has 6 nitrogen and oxygen atoms in total. The maximum Gasteiger partial charge on any atom is 0.298 e. The molecule has 146 valence electrons. The molecule has 0 spiro atoms. The normalized spacial score (nSPS) is 15.0. The van der Waals surface area contributed by atoms with Crippen LogP contribution in [-0.4, -0.2) is 20.4 Å². The highest BCUT2D eigenvalue weighted by molar-refractivity contribution is 7.86. The molecule has 2 aromatic rings. The zero-order valence-electron chi connectivity index (χ0n) is 15.4. The molecule has 0 aliphatic heterocycles. The van der Waals surface area contributed by atoms with Crippen molar-refractivity contribution in [2.75, 3.05) is 0 Å². The molecule has 28 heavy (non-hydrogen) atoms. The van der Waals surface area contributed by atoms with E-state index >= 15 is 0 Å². The summed E-state index contributed by atoms with van der Waals surface area (Å²) in [6, 6.07) is 14.6. The lowest BCUT2D eigenvalue weighted by atomic mass is 9.95. The number of carbonyl (C=O) groups is 1. The lowest BCUT2D eigenvalue weighted by molar-refractivity contribution is 0.0927. The summed E-state index contributed by atoms with van der Waals surface area (Å²) in [5, 5.41) is 12.1. The van der Waals surface area contributed by atoms with Crippen LogP contribution in [0.25, 0.3) is 0 Å². The van der Waals surface area contributed by atoms with Gasteiger partial charge in [0.25, 0.3) is 16.0 Å². The van der Waals surface area contributed by atoms with Gasteiger partial charge in [0.2, 0.25) is 0 Å². The van der Waals surface area contributed by atoms with Crippen molar-refractivity contribution in [1.29, 1.82) is 5.26 Å². The standard InChI is InChI=1S/C21H22N2O4S/c22-14-18-6-4-5-9-20(18)28(25,26)27-15-16-10-12-17(13-11-16)21(24)23-19-7-2-1-3-8-19/h4-6,9-13,19H,1-3,7-8,15H2,(H,23,24). The lowest BCUT2D eigenvalue weighted by Gasteiger charge is -2.22. The molecule has 2 aromatic carbocycles. The van der Waals surface area contributed by atoms with E-state index in [0.29, 0.717) is 11.1 Å². The molecule has 0 saturated heterocycles. The van der Waals surface area contributed by atoms with E-state index in [1.165, 1.54) is 24.6 Å². The smallest absolute Gasteiger partial charge is 0.298 e. The Kier molecular flexibility index (Phi) is 6.45. The average molecular weight is 398 g/mol. The van der Waals surface area contributed by atoms with Crippen LogP contribution in [0.2, 0.25) is 0 Å². The second kappa shape index (κ2) is 9.00. The summed E-state index contributed by atoms with van der Waals surface area (Å²) in [5.74, 6) is -0.116. The molecule has 0 radical (unpaired) electrons. The highest BCUT2D eigenvalue weighted by atomic mass is 32.2. The molecule has 1 aliphatic carbocycles. The van der Waals surface area contributed by atoms with Gasteiger partial charge >= 0.3 is 0 Å². The summed E-state index contributed by atoms with van der Waals surface area (Å²) >= 11 is 0. The molecule has 7 heteroatoms. The fourth-order valence-electron chi connectivity index (χ4n) is 3.25. The first-order valence-corrected chi connectivity index (χ1v) is 10.7. The van der Waals surface area contributed by atoms with Crippen molar-refractivity contribution in [3.05, 3.63) is 65.2 Å². The maximum atomic E-state index is 12.3. The number of nitrogens with zero attached hydrogens (tertiary/aromatic N) is 1. The number of nitrogens with one attached hydrogen (secondary N) is 1. The van der Waals surface area contributed by atoms with Gasteiger partial charge in [-0.2, -0.15) is 13.7 Å². The van der Waals surface area contributed by atoms with Crippen molar-refractivity contribution in [2.45, 2.75) is 49.6 Å². The van der Waals surface area contributed by atoms with Crippen molar-refractivity contribution in [3.8, 4) is 6.07 Å². The Morgan fingerprint density at radius 2 is 1.75 bits per heavy atom.